The smallest absolute Gasteiger partial charge is 0.230 e. The minimum Gasteiger partial charge on any atom is -0.467 e. The molecule has 0 amide bonds. The summed E-state index contributed by atoms with van der Waals surface area (Å²) in [6.45, 7) is 0.764. The van der Waals surface area contributed by atoms with Gasteiger partial charge in [0, 0.05) is 15.6 Å². The van der Waals surface area contributed by atoms with Crippen LogP contribution in [-0.2, 0) is 11.3 Å². The molecule has 0 bridgehead atoms. The number of ether oxygens (including phenoxy) is 2. The average Bonchev–Trinajstić information content (AvgIpc) is 2.74. The second-order valence-electron chi connectivity index (χ2n) is 3.66. The number of hydrogen-bond donors (Lipinski definition) is 1. The van der Waals surface area contributed by atoms with E-state index in [1.165, 1.54) is 0 Å². The molecule has 2 N–H and O–H groups in total. The summed E-state index contributed by atoms with van der Waals surface area (Å²) >= 11 is 3.45. The SMILES string of the molecule is Nc1oncc1-c1cc(Br)cc2c1OCOC2. The number of anilines is 1. The van der Waals surface area contributed by atoms with E-state index in [4.69, 9.17) is 19.7 Å². The average molecular weight is 297 g/mol. The number of nitrogen functional groups attached to an aromatic ring is 1. The second-order valence-corrected chi connectivity index (χ2v) is 4.57. The highest BCUT2D eigenvalue weighted by Gasteiger charge is 2.20. The molecule has 0 radical (unpaired) electrons. The summed E-state index contributed by atoms with van der Waals surface area (Å²) < 4.78 is 16.6. The molecule has 3 rings (SSSR count). The minimum atomic E-state index is 0.243. The van der Waals surface area contributed by atoms with Gasteiger partial charge in [-0.25, -0.2) is 0 Å². The van der Waals surface area contributed by atoms with Crippen molar-refractivity contribution in [2.24, 2.45) is 0 Å². The molecule has 0 saturated heterocycles. The normalized spacial score (nSPS) is 14.2. The predicted octanol–water partition coefficient (Wildman–Crippen LogP) is 2.55. The Balaban J connectivity index is 2.22. The zero-order valence-corrected chi connectivity index (χ0v) is 10.4. The number of rotatable bonds is 1. The third-order valence-electron chi connectivity index (χ3n) is 2.56. The molecule has 0 unspecified atom stereocenters. The summed E-state index contributed by atoms with van der Waals surface area (Å²) in [5.41, 5.74) is 8.28. The molecular weight excluding hydrogens is 288 g/mol. The Bertz CT molecular complexity index is 568. The summed E-state index contributed by atoms with van der Waals surface area (Å²) in [6.07, 6.45) is 1.58. The van der Waals surface area contributed by atoms with Crippen LogP contribution in [0.2, 0.25) is 0 Å². The fraction of sp³-hybridized carbons (Fsp3) is 0.182. The van der Waals surface area contributed by atoms with E-state index in [-0.39, 0.29) is 12.7 Å². The highest BCUT2D eigenvalue weighted by molar-refractivity contribution is 9.10. The van der Waals surface area contributed by atoms with Gasteiger partial charge >= 0.3 is 0 Å². The van der Waals surface area contributed by atoms with Crippen molar-refractivity contribution in [1.29, 1.82) is 0 Å². The molecule has 0 atom stereocenters. The molecule has 1 aliphatic heterocycles. The zero-order valence-electron chi connectivity index (χ0n) is 8.77. The van der Waals surface area contributed by atoms with Crippen molar-refractivity contribution in [3.05, 3.63) is 28.4 Å². The van der Waals surface area contributed by atoms with Crippen LogP contribution >= 0.6 is 15.9 Å². The number of nitrogens with two attached hydrogens (primary N) is 1. The molecule has 1 aliphatic rings. The molecule has 5 nitrogen and oxygen atoms in total. The van der Waals surface area contributed by atoms with Crippen LogP contribution < -0.4 is 10.5 Å². The van der Waals surface area contributed by atoms with Gasteiger partial charge in [-0.3, -0.25) is 0 Å². The summed E-state index contributed by atoms with van der Waals surface area (Å²) in [5, 5.41) is 3.67. The molecule has 0 fully saturated rings. The molecule has 2 heterocycles. The van der Waals surface area contributed by atoms with Gasteiger partial charge in [-0.1, -0.05) is 21.1 Å². The van der Waals surface area contributed by atoms with Crippen LogP contribution in [0.3, 0.4) is 0 Å². The molecular formula is C11H9BrN2O3. The van der Waals surface area contributed by atoms with Gasteiger partial charge < -0.3 is 19.7 Å². The lowest BCUT2D eigenvalue weighted by atomic mass is 10.0. The Kier molecular flexibility index (Phi) is 2.53. The Morgan fingerprint density at radius 1 is 1.29 bits per heavy atom. The van der Waals surface area contributed by atoms with Crippen LogP contribution in [0.4, 0.5) is 5.88 Å². The maximum atomic E-state index is 5.72. The van der Waals surface area contributed by atoms with Crippen molar-refractivity contribution in [2.45, 2.75) is 6.61 Å². The maximum absolute atomic E-state index is 5.72. The maximum Gasteiger partial charge on any atom is 0.230 e. The van der Waals surface area contributed by atoms with Crippen molar-refractivity contribution in [2.75, 3.05) is 12.5 Å². The van der Waals surface area contributed by atoms with Gasteiger partial charge in [0.15, 0.2) is 6.79 Å². The zero-order chi connectivity index (χ0) is 11.8. The number of aromatic nitrogens is 1. The third-order valence-corrected chi connectivity index (χ3v) is 3.02. The van der Waals surface area contributed by atoms with E-state index in [2.05, 4.69) is 21.1 Å². The van der Waals surface area contributed by atoms with Gasteiger partial charge in [-0.05, 0) is 12.1 Å². The van der Waals surface area contributed by atoms with E-state index >= 15 is 0 Å². The first-order valence-corrected chi connectivity index (χ1v) is 5.78. The lowest BCUT2D eigenvalue weighted by Crippen LogP contribution is -2.12. The van der Waals surface area contributed by atoms with E-state index in [1.807, 2.05) is 12.1 Å². The molecule has 1 aromatic heterocycles. The number of hydrogen-bond acceptors (Lipinski definition) is 5. The summed E-state index contributed by atoms with van der Waals surface area (Å²) in [5.74, 6) is 1.05. The van der Waals surface area contributed by atoms with Gasteiger partial charge in [0.25, 0.3) is 0 Å². The van der Waals surface area contributed by atoms with Gasteiger partial charge in [0.1, 0.15) is 5.75 Å². The monoisotopic (exact) mass is 296 g/mol. The Morgan fingerprint density at radius 2 is 2.18 bits per heavy atom. The lowest BCUT2D eigenvalue weighted by Gasteiger charge is -2.20. The van der Waals surface area contributed by atoms with Crippen LogP contribution in [0.15, 0.2) is 27.3 Å². The van der Waals surface area contributed by atoms with Crippen molar-refractivity contribution in [1.82, 2.24) is 5.16 Å². The number of halogens is 1. The molecule has 2 aromatic rings. The van der Waals surface area contributed by atoms with Crippen molar-refractivity contribution >= 4 is 21.8 Å². The van der Waals surface area contributed by atoms with Crippen LogP contribution in [0.25, 0.3) is 11.1 Å². The molecule has 0 spiro atoms. The van der Waals surface area contributed by atoms with E-state index in [0.717, 1.165) is 26.9 Å². The van der Waals surface area contributed by atoms with E-state index in [0.29, 0.717) is 6.61 Å². The molecule has 1 aromatic carbocycles. The number of fused-ring (bicyclic) bond motifs is 1. The summed E-state index contributed by atoms with van der Waals surface area (Å²) in [6, 6.07) is 3.88. The lowest BCUT2D eigenvalue weighted by molar-refractivity contribution is -0.0159. The predicted molar refractivity (Wildman–Crippen MR) is 64.3 cm³/mol. The first-order valence-electron chi connectivity index (χ1n) is 4.99. The Labute approximate surface area is 106 Å². The first kappa shape index (κ1) is 10.6. The van der Waals surface area contributed by atoms with E-state index in [9.17, 15) is 0 Å². The summed E-state index contributed by atoms with van der Waals surface area (Å²) in [4.78, 5) is 0. The molecule has 0 saturated carbocycles. The highest BCUT2D eigenvalue weighted by Crippen LogP contribution is 2.40. The van der Waals surface area contributed by atoms with Crippen molar-refractivity contribution in [3.63, 3.8) is 0 Å². The number of nitrogens with zero attached hydrogens (tertiary/aromatic N) is 1. The second kappa shape index (κ2) is 4.05. The van der Waals surface area contributed by atoms with Gasteiger partial charge in [-0.2, -0.15) is 0 Å². The van der Waals surface area contributed by atoms with Gasteiger partial charge in [0.05, 0.1) is 18.4 Å². The van der Waals surface area contributed by atoms with Crippen LogP contribution in [0.1, 0.15) is 5.56 Å². The Hall–Kier alpha value is -1.53. The van der Waals surface area contributed by atoms with Crippen LogP contribution in [-0.4, -0.2) is 11.9 Å². The van der Waals surface area contributed by atoms with E-state index < -0.39 is 0 Å². The first-order chi connectivity index (χ1) is 8.25. The fourth-order valence-electron chi connectivity index (χ4n) is 1.83. The van der Waals surface area contributed by atoms with Crippen LogP contribution in [0, 0.1) is 0 Å². The molecule has 0 aliphatic carbocycles. The fourth-order valence-corrected chi connectivity index (χ4v) is 2.34. The highest BCUT2D eigenvalue weighted by atomic mass is 79.9. The molecule has 6 heteroatoms. The quantitative estimate of drug-likeness (QED) is 0.876. The van der Waals surface area contributed by atoms with Gasteiger partial charge in [0.2, 0.25) is 5.88 Å². The van der Waals surface area contributed by atoms with Crippen molar-refractivity contribution < 1.29 is 14.0 Å². The molecule has 88 valence electrons. The summed E-state index contributed by atoms with van der Waals surface area (Å²) in [7, 11) is 0. The standard InChI is InChI=1S/C11H9BrN2O3/c12-7-1-6-4-15-5-16-10(6)8(2-7)9-3-14-17-11(9)13/h1-3H,4-5,13H2. The van der Waals surface area contributed by atoms with Gasteiger partial charge in [-0.15, -0.1) is 0 Å². The topological polar surface area (TPSA) is 70.5 Å². The molecule has 17 heavy (non-hydrogen) atoms. The number of benzene rings is 1. The van der Waals surface area contributed by atoms with E-state index in [1.54, 1.807) is 6.20 Å². The largest absolute Gasteiger partial charge is 0.467 e. The Morgan fingerprint density at radius 3 is 2.94 bits per heavy atom. The minimum absolute atomic E-state index is 0.243. The van der Waals surface area contributed by atoms with Crippen LogP contribution in [0.5, 0.6) is 5.75 Å². The van der Waals surface area contributed by atoms with Crippen molar-refractivity contribution in [3.8, 4) is 16.9 Å². The third kappa shape index (κ3) is 1.79.